The maximum absolute atomic E-state index is 11.8. The molecule has 8 atom stereocenters. The Balaban J connectivity index is 1.65. The number of urea groups is 1. The molecule has 0 aliphatic heterocycles. The number of nitrogens with zero attached hydrogens (tertiary/aromatic N) is 1. The van der Waals surface area contributed by atoms with Crippen LogP contribution in [0.1, 0.15) is 91.4 Å². The smallest absolute Gasteiger partial charge is 0.332 e. The van der Waals surface area contributed by atoms with E-state index in [-0.39, 0.29) is 11.4 Å². The van der Waals surface area contributed by atoms with E-state index in [0.29, 0.717) is 35.5 Å². The molecule has 4 aliphatic carbocycles. The lowest BCUT2D eigenvalue weighted by Crippen LogP contribution is -2.57. The van der Waals surface area contributed by atoms with Crippen LogP contribution in [0.4, 0.5) is 4.79 Å². The summed E-state index contributed by atoms with van der Waals surface area (Å²) < 4.78 is 4.89. The first-order chi connectivity index (χ1) is 15.2. The minimum Gasteiger partial charge on any atom is -0.469 e. The standard InChI is InChI=1S/C26H43N3O3/c1-16(8-13-23(30)32-4)19-11-12-20-18-10-9-17-7-5-6-14-25(17,2)21(18)15-22(26(19,20)3)28-29-24(27)31/h16-21H,5-15H2,1-4H3,(H3,27,29,31)/b28-22+/t16-,17-,18+,19+,20+,21-,25-,26+/m0/s1. The number of methoxy groups -OCH3 is 1. The number of fused-ring (bicyclic) bond motifs is 5. The molecule has 2 amide bonds. The number of carbonyl (C=O) groups is 2. The lowest BCUT2D eigenvalue weighted by atomic mass is 9.44. The fourth-order valence-corrected chi connectivity index (χ4v) is 8.90. The number of carbonyl (C=O) groups excluding carboxylic acids is 2. The van der Waals surface area contributed by atoms with Gasteiger partial charge in [0.15, 0.2) is 0 Å². The van der Waals surface area contributed by atoms with Gasteiger partial charge >= 0.3 is 12.0 Å². The summed E-state index contributed by atoms with van der Waals surface area (Å²) in [6.07, 6.45) is 12.8. The number of hydrogen-bond acceptors (Lipinski definition) is 4. The minimum atomic E-state index is -0.585. The molecule has 0 spiro atoms. The fraction of sp³-hybridized carbons (Fsp3) is 0.885. The number of amides is 2. The van der Waals surface area contributed by atoms with Gasteiger partial charge in [0.05, 0.1) is 7.11 Å². The van der Waals surface area contributed by atoms with E-state index in [4.69, 9.17) is 15.6 Å². The number of hydrazone groups is 1. The van der Waals surface area contributed by atoms with Crippen LogP contribution in [0.25, 0.3) is 0 Å². The van der Waals surface area contributed by atoms with Crippen molar-refractivity contribution in [1.82, 2.24) is 5.43 Å². The summed E-state index contributed by atoms with van der Waals surface area (Å²) in [5.41, 5.74) is 9.54. The summed E-state index contributed by atoms with van der Waals surface area (Å²) in [6.45, 7) is 7.24. The van der Waals surface area contributed by atoms with Crippen LogP contribution >= 0.6 is 0 Å². The summed E-state index contributed by atoms with van der Waals surface area (Å²) in [5, 5.41) is 4.70. The number of ether oxygens (including phenoxy) is 1. The van der Waals surface area contributed by atoms with Crippen molar-refractivity contribution in [3.8, 4) is 0 Å². The molecule has 0 saturated heterocycles. The van der Waals surface area contributed by atoms with Crippen molar-refractivity contribution in [2.45, 2.75) is 91.4 Å². The molecule has 4 saturated carbocycles. The highest BCUT2D eigenvalue weighted by atomic mass is 16.5. The summed E-state index contributed by atoms with van der Waals surface area (Å²) in [5.74, 6) is 3.56. The van der Waals surface area contributed by atoms with Crippen LogP contribution in [0.2, 0.25) is 0 Å². The Morgan fingerprint density at radius 2 is 1.94 bits per heavy atom. The second kappa shape index (κ2) is 8.98. The monoisotopic (exact) mass is 445 g/mol. The van der Waals surface area contributed by atoms with Crippen molar-refractivity contribution in [3.63, 3.8) is 0 Å². The first kappa shape index (κ1) is 23.6. The molecule has 4 fully saturated rings. The topological polar surface area (TPSA) is 93.8 Å². The first-order valence-electron chi connectivity index (χ1n) is 12.9. The molecule has 0 radical (unpaired) electrons. The Morgan fingerprint density at radius 1 is 1.16 bits per heavy atom. The molecule has 4 rings (SSSR count). The van der Waals surface area contributed by atoms with Crippen molar-refractivity contribution in [2.75, 3.05) is 7.11 Å². The third kappa shape index (κ3) is 3.86. The zero-order valence-electron chi connectivity index (χ0n) is 20.5. The third-order valence-corrected chi connectivity index (χ3v) is 10.6. The largest absolute Gasteiger partial charge is 0.469 e. The van der Waals surface area contributed by atoms with Gasteiger partial charge in [0, 0.05) is 17.5 Å². The van der Waals surface area contributed by atoms with Crippen molar-refractivity contribution in [1.29, 1.82) is 0 Å². The van der Waals surface area contributed by atoms with Gasteiger partial charge in [-0.25, -0.2) is 10.2 Å². The Kier molecular flexibility index (Phi) is 6.61. The average Bonchev–Trinajstić information content (AvgIpc) is 3.13. The molecule has 3 N–H and O–H groups in total. The molecular formula is C26H43N3O3. The Bertz CT molecular complexity index is 767. The van der Waals surface area contributed by atoms with Gasteiger partial charge in [-0.3, -0.25) is 4.79 Å². The van der Waals surface area contributed by atoms with Crippen LogP contribution in [0, 0.1) is 46.3 Å². The molecule has 0 unspecified atom stereocenters. The second-order valence-corrected chi connectivity index (χ2v) is 11.7. The van der Waals surface area contributed by atoms with E-state index in [1.807, 2.05) is 0 Å². The number of primary amides is 1. The lowest BCUT2D eigenvalue weighted by molar-refractivity contribution is -0.141. The highest BCUT2D eigenvalue weighted by Crippen LogP contribution is 2.67. The molecule has 180 valence electrons. The molecule has 4 aliphatic rings. The van der Waals surface area contributed by atoms with E-state index in [0.717, 1.165) is 30.4 Å². The molecule has 6 heteroatoms. The number of nitrogens with one attached hydrogen (secondary N) is 1. The van der Waals surface area contributed by atoms with Crippen LogP contribution in [0.5, 0.6) is 0 Å². The van der Waals surface area contributed by atoms with Gasteiger partial charge in [-0.2, -0.15) is 5.10 Å². The van der Waals surface area contributed by atoms with Crippen LogP contribution < -0.4 is 11.2 Å². The normalized spacial score (nSPS) is 43.0. The Hall–Kier alpha value is -1.59. The first-order valence-corrected chi connectivity index (χ1v) is 12.9. The third-order valence-electron chi connectivity index (χ3n) is 10.6. The van der Waals surface area contributed by atoms with Crippen molar-refractivity contribution >= 4 is 17.7 Å². The van der Waals surface area contributed by atoms with Gasteiger partial charge in [-0.1, -0.05) is 33.6 Å². The summed E-state index contributed by atoms with van der Waals surface area (Å²) in [6, 6.07) is -0.585. The predicted molar refractivity (Wildman–Crippen MR) is 126 cm³/mol. The molecule has 32 heavy (non-hydrogen) atoms. The molecular weight excluding hydrogens is 402 g/mol. The van der Waals surface area contributed by atoms with Crippen molar-refractivity contribution in [2.24, 2.45) is 57.2 Å². The van der Waals surface area contributed by atoms with Crippen LogP contribution in [0.3, 0.4) is 0 Å². The van der Waals surface area contributed by atoms with Gasteiger partial charge < -0.3 is 10.5 Å². The van der Waals surface area contributed by atoms with Crippen molar-refractivity contribution in [3.05, 3.63) is 0 Å². The zero-order valence-corrected chi connectivity index (χ0v) is 20.5. The number of nitrogens with two attached hydrogens (primary N) is 1. The average molecular weight is 446 g/mol. The maximum Gasteiger partial charge on any atom is 0.332 e. The van der Waals surface area contributed by atoms with E-state index in [9.17, 15) is 9.59 Å². The number of rotatable bonds is 5. The van der Waals surface area contributed by atoms with Gasteiger partial charge in [0.25, 0.3) is 0 Å². The number of esters is 1. The maximum atomic E-state index is 11.8. The van der Waals surface area contributed by atoms with Gasteiger partial charge in [-0.15, -0.1) is 0 Å². The van der Waals surface area contributed by atoms with Gasteiger partial charge in [0.2, 0.25) is 0 Å². The lowest BCUT2D eigenvalue weighted by Gasteiger charge is -2.61. The minimum absolute atomic E-state index is 0.0446. The van der Waals surface area contributed by atoms with Crippen LogP contribution in [0.15, 0.2) is 5.10 Å². The highest BCUT2D eigenvalue weighted by Gasteiger charge is 2.62. The Labute approximate surface area is 193 Å². The second-order valence-electron chi connectivity index (χ2n) is 11.7. The van der Waals surface area contributed by atoms with E-state index in [2.05, 4.69) is 26.2 Å². The molecule has 0 aromatic rings. The molecule has 0 heterocycles. The van der Waals surface area contributed by atoms with Crippen LogP contribution in [-0.2, 0) is 9.53 Å². The van der Waals surface area contributed by atoms with E-state index >= 15 is 0 Å². The molecule has 6 nitrogen and oxygen atoms in total. The molecule has 0 aromatic heterocycles. The predicted octanol–water partition coefficient (Wildman–Crippen LogP) is 5.26. The quantitative estimate of drug-likeness (QED) is 0.446. The molecule has 0 bridgehead atoms. The highest BCUT2D eigenvalue weighted by molar-refractivity contribution is 5.93. The van der Waals surface area contributed by atoms with E-state index < -0.39 is 6.03 Å². The van der Waals surface area contributed by atoms with E-state index in [1.165, 1.54) is 58.5 Å². The van der Waals surface area contributed by atoms with Gasteiger partial charge in [0.1, 0.15) is 0 Å². The SMILES string of the molecule is COC(=O)CC[C@H](C)[C@H]1CC[C@@H]2[C@H]3CC[C@@H]4CCCC[C@]4(C)[C@H]3C/C(=N\NC(N)=O)[C@@]21C. The fourth-order valence-electron chi connectivity index (χ4n) is 8.90. The molecule has 0 aromatic carbocycles. The van der Waals surface area contributed by atoms with Crippen LogP contribution in [-0.4, -0.2) is 24.8 Å². The zero-order chi connectivity index (χ0) is 23.1. The summed E-state index contributed by atoms with van der Waals surface area (Å²) in [7, 11) is 1.46. The summed E-state index contributed by atoms with van der Waals surface area (Å²) >= 11 is 0. The number of hydrogen-bond donors (Lipinski definition) is 2. The van der Waals surface area contributed by atoms with Gasteiger partial charge in [-0.05, 0) is 92.3 Å². The summed E-state index contributed by atoms with van der Waals surface area (Å²) in [4.78, 5) is 23.4. The van der Waals surface area contributed by atoms with Crippen molar-refractivity contribution < 1.29 is 14.3 Å². The van der Waals surface area contributed by atoms with E-state index in [1.54, 1.807) is 0 Å². The Morgan fingerprint density at radius 3 is 2.66 bits per heavy atom.